The molecule has 1 N–H and O–H groups in total. The van der Waals surface area contributed by atoms with Gasteiger partial charge in [-0.2, -0.15) is 5.10 Å². The van der Waals surface area contributed by atoms with Gasteiger partial charge in [-0.05, 0) is 13.0 Å². The molecule has 0 amide bonds. The summed E-state index contributed by atoms with van der Waals surface area (Å²) in [6.45, 7) is 2.03. The van der Waals surface area contributed by atoms with Crippen LogP contribution in [0.1, 0.15) is 11.3 Å². The van der Waals surface area contributed by atoms with Gasteiger partial charge in [0.15, 0.2) is 0 Å². The Morgan fingerprint density at radius 2 is 2.24 bits per heavy atom. The molecule has 1 aromatic carbocycles. The minimum atomic E-state index is 1.08. The van der Waals surface area contributed by atoms with Gasteiger partial charge in [0.25, 0.3) is 0 Å². The van der Waals surface area contributed by atoms with E-state index in [1.807, 2.05) is 19.1 Å². The zero-order chi connectivity index (χ0) is 11.7. The van der Waals surface area contributed by atoms with E-state index in [9.17, 15) is 0 Å². The van der Waals surface area contributed by atoms with Crippen molar-refractivity contribution in [1.82, 2.24) is 19.9 Å². The van der Waals surface area contributed by atoms with Gasteiger partial charge in [-0.25, -0.2) is 4.98 Å². The second kappa shape index (κ2) is 3.86. The predicted molar refractivity (Wildman–Crippen MR) is 66.0 cm³/mol. The van der Waals surface area contributed by atoms with E-state index in [0.29, 0.717) is 0 Å². The fourth-order valence-electron chi connectivity index (χ4n) is 1.84. The van der Waals surface area contributed by atoms with Crippen LogP contribution in [0.5, 0.6) is 0 Å². The van der Waals surface area contributed by atoms with E-state index in [2.05, 4.69) is 32.3 Å². The number of nitrogens with zero attached hydrogens (tertiary/aromatic N) is 4. The molecular formula is C12H11N5. The lowest BCUT2D eigenvalue weighted by Crippen LogP contribution is -1.91. The Morgan fingerprint density at radius 3 is 3.06 bits per heavy atom. The van der Waals surface area contributed by atoms with Crippen LogP contribution in [0.4, 0.5) is 0 Å². The summed E-state index contributed by atoms with van der Waals surface area (Å²) in [4.78, 5) is 8.59. The third-order valence-electron chi connectivity index (χ3n) is 2.66. The molecule has 3 aromatic rings. The van der Waals surface area contributed by atoms with E-state index in [-0.39, 0.29) is 0 Å². The Kier molecular flexibility index (Phi) is 2.22. The van der Waals surface area contributed by atoms with Crippen LogP contribution in [0.2, 0.25) is 0 Å². The molecule has 0 spiro atoms. The smallest absolute Gasteiger partial charge is 0.139 e. The monoisotopic (exact) mass is 225 g/mol. The largest absolute Gasteiger partial charge is 0.358 e. The van der Waals surface area contributed by atoms with Crippen LogP contribution in [0.25, 0.3) is 10.9 Å². The summed E-state index contributed by atoms with van der Waals surface area (Å²) in [5, 5.41) is 9.30. The van der Waals surface area contributed by atoms with Gasteiger partial charge >= 0.3 is 0 Å². The Bertz CT molecular complexity index is 663. The molecule has 84 valence electrons. The summed E-state index contributed by atoms with van der Waals surface area (Å²) in [6.07, 6.45) is 4.81. The molecule has 17 heavy (non-hydrogen) atoms. The van der Waals surface area contributed by atoms with Crippen LogP contribution in [0.15, 0.2) is 42.0 Å². The van der Waals surface area contributed by atoms with Crippen molar-refractivity contribution in [3.63, 3.8) is 0 Å². The molecule has 0 radical (unpaired) electrons. The molecule has 0 unspecified atom stereocenters. The summed E-state index contributed by atoms with van der Waals surface area (Å²) < 4.78 is 0. The van der Waals surface area contributed by atoms with Gasteiger partial charge in [-0.3, -0.25) is 0 Å². The molecule has 0 atom stereocenters. The minimum absolute atomic E-state index is 1.08. The Hall–Kier alpha value is -2.43. The van der Waals surface area contributed by atoms with E-state index in [1.165, 1.54) is 11.1 Å². The third kappa shape index (κ3) is 1.71. The number of hydrogen-bond donors (Lipinski definition) is 1. The summed E-state index contributed by atoms with van der Waals surface area (Å²) >= 11 is 0. The van der Waals surface area contributed by atoms with Crippen molar-refractivity contribution in [3.05, 3.63) is 48.2 Å². The number of aryl methyl sites for hydroxylation is 1. The number of benzene rings is 1. The molecule has 5 nitrogen and oxygen atoms in total. The van der Waals surface area contributed by atoms with E-state index < -0.39 is 0 Å². The molecule has 0 bridgehead atoms. The lowest BCUT2D eigenvalue weighted by atomic mass is 10.1. The number of fused-ring (bicyclic) bond motifs is 1. The maximum absolute atomic E-state index is 4.22. The second-order valence-corrected chi connectivity index (χ2v) is 3.77. The number of H-pyrrole nitrogens is 1. The van der Waals surface area contributed by atoms with Gasteiger partial charge < -0.3 is 4.98 Å². The molecule has 0 saturated carbocycles. The van der Waals surface area contributed by atoms with Crippen molar-refractivity contribution in [3.8, 4) is 0 Å². The highest BCUT2D eigenvalue weighted by molar-refractivity contribution is 6.00. The normalized spacial score (nSPS) is 11.6. The molecule has 0 saturated heterocycles. The molecule has 5 heteroatoms. The van der Waals surface area contributed by atoms with Crippen LogP contribution in [-0.2, 0) is 0 Å². The van der Waals surface area contributed by atoms with Crippen LogP contribution in [0.3, 0.4) is 0 Å². The number of nitrogens with one attached hydrogen (secondary N) is 1. The lowest BCUT2D eigenvalue weighted by Gasteiger charge is -1.92. The molecule has 2 heterocycles. The first-order valence-corrected chi connectivity index (χ1v) is 5.31. The number of rotatable bonds is 2. The third-order valence-corrected chi connectivity index (χ3v) is 2.66. The fraction of sp³-hybridized carbons (Fsp3) is 0.0833. The van der Waals surface area contributed by atoms with Gasteiger partial charge in [-0.1, -0.05) is 18.2 Å². The van der Waals surface area contributed by atoms with Gasteiger partial charge in [0.1, 0.15) is 12.7 Å². The standard InChI is InChI=1S/C12H11N5/c1-9-11(6-14-17-8-13-7-15-17)10-4-2-3-5-12(10)16-9/h2-8,16H,1H3/b14-6+. The number of aromatic nitrogens is 4. The Labute approximate surface area is 97.8 Å². The van der Waals surface area contributed by atoms with Crippen molar-refractivity contribution in [1.29, 1.82) is 0 Å². The predicted octanol–water partition coefficient (Wildman–Crippen LogP) is 1.95. The van der Waals surface area contributed by atoms with Crippen LogP contribution >= 0.6 is 0 Å². The summed E-state index contributed by atoms with van der Waals surface area (Å²) in [7, 11) is 0. The maximum Gasteiger partial charge on any atom is 0.139 e. The van der Waals surface area contributed by atoms with E-state index in [0.717, 1.165) is 22.2 Å². The van der Waals surface area contributed by atoms with Crippen molar-refractivity contribution in [2.24, 2.45) is 5.10 Å². The number of para-hydroxylation sites is 1. The van der Waals surface area contributed by atoms with Gasteiger partial charge in [0.05, 0.1) is 6.21 Å². The average Bonchev–Trinajstić information content (AvgIpc) is 2.93. The second-order valence-electron chi connectivity index (χ2n) is 3.77. The lowest BCUT2D eigenvalue weighted by molar-refractivity contribution is 0.743. The first-order chi connectivity index (χ1) is 8.34. The number of hydrogen-bond acceptors (Lipinski definition) is 3. The van der Waals surface area contributed by atoms with E-state index in [4.69, 9.17) is 0 Å². The average molecular weight is 225 g/mol. The van der Waals surface area contributed by atoms with E-state index >= 15 is 0 Å². The minimum Gasteiger partial charge on any atom is -0.358 e. The Morgan fingerprint density at radius 1 is 1.35 bits per heavy atom. The highest BCUT2D eigenvalue weighted by Crippen LogP contribution is 2.19. The molecule has 0 aliphatic rings. The Balaban J connectivity index is 2.08. The molecule has 2 aromatic heterocycles. The topological polar surface area (TPSA) is 58.9 Å². The molecule has 0 aliphatic carbocycles. The summed E-state index contributed by atoms with van der Waals surface area (Å²) in [5.74, 6) is 0. The fourth-order valence-corrected chi connectivity index (χ4v) is 1.84. The van der Waals surface area contributed by atoms with Gasteiger partial charge in [0.2, 0.25) is 0 Å². The molecule has 3 rings (SSSR count). The summed E-state index contributed by atoms with van der Waals surface area (Å²) in [5.41, 5.74) is 3.29. The molecule has 0 fully saturated rings. The van der Waals surface area contributed by atoms with Crippen molar-refractivity contribution >= 4 is 17.1 Å². The van der Waals surface area contributed by atoms with Crippen molar-refractivity contribution in [2.45, 2.75) is 6.92 Å². The van der Waals surface area contributed by atoms with Gasteiger partial charge in [0, 0.05) is 22.2 Å². The zero-order valence-corrected chi connectivity index (χ0v) is 9.33. The van der Waals surface area contributed by atoms with Crippen molar-refractivity contribution in [2.75, 3.05) is 0 Å². The molecule has 0 aliphatic heterocycles. The van der Waals surface area contributed by atoms with Crippen LogP contribution < -0.4 is 0 Å². The quantitative estimate of drug-likeness (QED) is 0.677. The highest BCUT2D eigenvalue weighted by Gasteiger charge is 2.04. The SMILES string of the molecule is Cc1[nH]c2ccccc2c1/C=N/n1cncn1. The van der Waals surface area contributed by atoms with Crippen LogP contribution in [0, 0.1) is 6.92 Å². The number of aromatic amines is 1. The molecular weight excluding hydrogens is 214 g/mol. The van der Waals surface area contributed by atoms with Gasteiger partial charge in [-0.15, -0.1) is 9.89 Å². The maximum atomic E-state index is 4.22. The van der Waals surface area contributed by atoms with Crippen LogP contribution in [-0.4, -0.2) is 26.1 Å². The van der Waals surface area contributed by atoms with Crippen molar-refractivity contribution < 1.29 is 0 Å². The first-order valence-electron chi connectivity index (χ1n) is 5.31. The first kappa shape index (κ1) is 9.77. The zero-order valence-electron chi connectivity index (χ0n) is 9.33. The van der Waals surface area contributed by atoms with E-state index in [1.54, 1.807) is 12.5 Å². The summed E-state index contributed by atoms with van der Waals surface area (Å²) in [6, 6.07) is 8.15. The highest BCUT2D eigenvalue weighted by atomic mass is 15.5.